The summed E-state index contributed by atoms with van der Waals surface area (Å²) < 4.78 is 19.6. The topological polar surface area (TPSA) is 66.0 Å². The van der Waals surface area contributed by atoms with E-state index in [4.69, 9.17) is 4.74 Å². The van der Waals surface area contributed by atoms with E-state index >= 15 is 0 Å². The van der Waals surface area contributed by atoms with Crippen LogP contribution in [-0.4, -0.2) is 83.0 Å². The lowest BCUT2D eigenvalue weighted by Gasteiger charge is -2.56. The van der Waals surface area contributed by atoms with Gasteiger partial charge < -0.3 is 14.5 Å². The number of morpholine rings is 1. The van der Waals surface area contributed by atoms with Crippen molar-refractivity contribution in [2.45, 2.75) is 44.3 Å². The Morgan fingerprint density at radius 1 is 1.23 bits per heavy atom. The van der Waals surface area contributed by atoms with Gasteiger partial charge in [0.2, 0.25) is 11.8 Å². The first-order chi connectivity index (χ1) is 14.6. The fraction of sp³-hybridized carbons (Fsp3) is 0.682. The summed E-state index contributed by atoms with van der Waals surface area (Å²) in [5.74, 6) is 0.297. The minimum Gasteiger partial charge on any atom is -0.378 e. The number of nitrogens with zero attached hydrogens (tertiary/aromatic N) is 4. The highest BCUT2D eigenvalue weighted by Gasteiger charge is 2.52. The lowest BCUT2D eigenvalue weighted by atomic mass is 9.71. The summed E-state index contributed by atoms with van der Waals surface area (Å²) in [7, 11) is 0. The second-order valence-electron chi connectivity index (χ2n) is 9.02. The Kier molecular flexibility index (Phi) is 5.45. The molecule has 7 nitrogen and oxygen atoms in total. The van der Waals surface area contributed by atoms with Crippen molar-refractivity contribution < 1.29 is 18.7 Å². The lowest BCUT2D eigenvalue weighted by molar-refractivity contribution is -0.167. The maximum Gasteiger partial charge on any atom is 0.245 e. The van der Waals surface area contributed by atoms with Crippen molar-refractivity contribution in [3.63, 3.8) is 0 Å². The van der Waals surface area contributed by atoms with Gasteiger partial charge in [0.15, 0.2) is 0 Å². The van der Waals surface area contributed by atoms with E-state index < -0.39 is 6.04 Å². The Morgan fingerprint density at radius 3 is 2.83 bits per heavy atom. The lowest BCUT2D eigenvalue weighted by Crippen LogP contribution is -2.68. The molecule has 1 aromatic rings. The zero-order valence-electron chi connectivity index (χ0n) is 17.2. The minimum absolute atomic E-state index is 0.0628. The predicted octanol–water partition coefficient (Wildman–Crippen LogP) is 1.28. The summed E-state index contributed by atoms with van der Waals surface area (Å²) in [6.45, 7) is 4.21. The number of aromatic nitrogens is 1. The molecule has 8 heteroatoms. The fourth-order valence-electron chi connectivity index (χ4n) is 5.92. The molecule has 2 bridgehead atoms. The van der Waals surface area contributed by atoms with Gasteiger partial charge in [-0.2, -0.15) is 0 Å². The predicted molar refractivity (Wildman–Crippen MR) is 107 cm³/mol. The van der Waals surface area contributed by atoms with Gasteiger partial charge in [0, 0.05) is 57.3 Å². The summed E-state index contributed by atoms with van der Waals surface area (Å²) in [6.07, 6.45) is 4.94. The van der Waals surface area contributed by atoms with Crippen molar-refractivity contribution in [2.75, 3.05) is 39.4 Å². The standard InChI is InChI=1S/C22H29FN4O3/c23-17-3-2-6-24-18(17)14-25-12-15-11-16(13-25)21(22(29)26-7-9-30-10-8-26)27-19(15)4-1-5-20(27)28/h2-3,6,15-16,19,21H,1,4-5,7-14H2/t15-,16+,19+,21-/m1/s1. The third-order valence-corrected chi connectivity index (χ3v) is 7.20. The van der Waals surface area contributed by atoms with Gasteiger partial charge in [0.05, 0.1) is 18.9 Å². The molecule has 162 valence electrons. The summed E-state index contributed by atoms with van der Waals surface area (Å²) in [6, 6.07) is 2.74. The third-order valence-electron chi connectivity index (χ3n) is 7.20. The molecule has 4 saturated heterocycles. The first kappa shape index (κ1) is 19.9. The number of rotatable bonds is 3. The van der Waals surface area contributed by atoms with Crippen LogP contribution >= 0.6 is 0 Å². The number of hydrogen-bond acceptors (Lipinski definition) is 5. The van der Waals surface area contributed by atoms with Crippen LogP contribution in [0.5, 0.6) is 0 Å². The molecule has 0 unspecified atom stereocenters. The smallest absolute Gasteiger partial charge is 0.245 e. The average molecular weight is 416 g/mol. The molecule has 5 rings (SSSR count). The van der Waals surface area contributed by atoms with Crippen molar-refractivity contribution in [3.8, 4) is 0 Å². The molecule has 2 amide bonds. The molecule has 4 aliphatic rings. The maximum absolute atomic E-state index is 14.2. The van der Waals surface area contributed by atoms with Gasteiger partial charge in [0.1, 0.15) is 11.9 Å². The minimum atomic E-state index is -0.409. The molecule has 5 heterocycles. The number of pyridine rings is 1. The number of likely N-dealkylation sites (tertiary alicyclic amines) is 1. The molecule has 1 aromatic heterocycles. The van der Waals surface area contributed by atoms with E-state index in [0.717, 1.165) is 25.8 Å². The van der Waals surface area contributed by atoms with E-state index in [0.29, 0.717) is 57.4 Å². The second-order valence-corrected chi connectivity index (χ2v) is 9.02. The molecule has 4 aliphatic heterocycles. The zero-order chi connectivity index (χ0) is 20.7. The van der Waals surface area contributed by atoms with Crippen molar-refractivity contribution in [1.82, 2.24) is 19.7 Å². The van der Waals surface area contributed by atoms with E-state index in [9.17, 15) is 14.0 Å². The third kappa shape index (κ3) is 3.60. The van der Waals surface area contributed by atoms with Gasteiger partial charge >= 0.3 is 0 Å². The highest BCUT2D eigenvalue weighted by atomic mass is 19.1. The largest absolute Gasteiger partial charge is 0.378 e. The van der Waals surface area contributed by atoms with Crippen molar-refractivity contribution in [1.29, 1.82) is 0 Å². The highest BCUT2D eigenvalue weighted by molar-refractivity contribution is 5.89. The summed E-state index contributed by atoms with van der Waals surface area (Å²) >= 11 is 0. The van der Waals surface area contributed by atoms with Crippen LogP contribution in [0.2, 0.25) is 0 Å². The zero-order valence-corrected chi connectivity index (χ0v) is 17.2. The molecule has 0 radical (unpaired) electrons. The van der Waals surface area contributed by atoms with Gasteiger partial charge in [0.25, 0.3) is 0 Å². The van der Waals surface area contributed by atoms with Crippen LogP contribution in [0.3, 0.4) is 0 Å². The molecule has 4 atom stereocenters. The monoisotopic (exact) mass is 416 g/mol. The molecular weight excluding hydrogens is 387 g/mol. The van der Waals surface area contributed by atoms with E-state index in [1.807, 2.05) is 9.80 Å². The van der Waals surface area contributed by atoms with Crippen LogP contribution in [0.1, 0.15) is 31.4 Å². The number of halogens is 1. The van der Waals surface area contributed by atoms with Crippen LogP contribution in [0.25, 0.3) is 0 Å². The van der Waals surface area contributed by atoms with Crippen LogP contribution in [0, 0.1) is 17.7 Å². The van der Waals surface area contributed by atoms with Gasteiger partial charge in [-0.3, -0.25) is 19.5 Å². The number of amides is 2. The summed E-state index contributed by atoms with van der Waals surface area (Å²) in [4.78, 5) is 36.8. The number of carbonyl (C=O) groups is 2. The summed E-state index contributed by atoms with van der Waals surface area (Å²) in [5, 5.41) is 0. The molecule has 0 saturated carbocycles. The molecule has 30 heavy (non-hydrogen) atoms. The Balaban J connectivity index is 1.41. The Hall–Kier alpha value is -2.06. The first-order valence-electron chi connectivity index (χ1n) is 11.1. The second kappa shape index (κ2) is 8.23. The van der Waals surface area contributed by atoms with Crippen molar-refractivity contribution in [2.24, 2.45) is 11.8 Å². The van der Waals surface area contributed by atoms with E-state index in [1.165, 1.54) is 6.07 Å². The number of ether oxygens (including phenoxy) is 1. The van der Waals surface area contributed by atoms with E-state index in [1.54, 1.807) is 12.3 Å². The molecular formula is C22H29FN4O3. The fourth-order valence-corrected chi connectivity index (χ4v) is 5.92. The Labute approximate surface area is 176 Å². The molecule has 0 N–H and O–H groups in total. The van der Waals surface area contributed by atoms with Crippen LogP contribution in [0.15, 0.2) is 18.3 Å². The normalized spacial score (nSPS) is 32.1. The molecule has 4 fully saturated rings. The molecule has 0 aliphatic carbocycles. The Bertz CT molecular complexity index is 815. The van der Waals surface area contributed by atoms with Gasteiger partial charge in [-0.15, -0.1) is 0 Å². The SMILES string of the molecule is O=C([C@H]1[C@H]2C[C@H](CN(Cc3ncccc3F)C2)[C@@H]2CCCC(=O)N21)N1CCOCC1. The molecule has 0 spiro atoms. The summed E-state index contributed by atoms with van der Waals surface area (Å²) in [5.41, 5.74) is 0.449. The highest BCUT2D eigenvalue weighted by Crippen LogP contribution is 2.42. The number of carbonyl (C=O) groups excluding carboxylic acids is 2. The van der Waals surface area contributed by atoms with E-state index in [-0.39, 0.29) is 29.6 Å². The first-order valence-corrected chi connectivity index (χ1v) is 11.1. The van der Waals surface area contributed by atoms with Crippen LogP contribution < -0.4 is 0 Å². The van der Waals surface area contributed by atoms with Gasteiger partial charge in [-0.05, 0) is 37.3 Å². The number of fused-ring (bicyclic) bond motifs is 4. The molecule has 0 aromatic carbocycles. The van der Waals surface area contributed by atoms with Crippen LogP contribution in [0.4, 0.5) is 4.39 Å². The van der Waals surface area contributed by atoms with E-state index in [2.05, 4.69) is 9.88 Å². The van der Waals surface area contributed by atoms with Crippen molar-refractivity contribution >= 4 is 11.8 Å². The van der Waals surface area contributed by atoms with Crippen molar-refractivity contribution in [3.05, 3.63) is 29.8 Å². The Morgan fingerprint density at radius 2 is 2.03 bits per heavy atom. The van der Waals surface area contributed by atoms with Gasteiger partial charge in [-0.1, -0.05) is 0 Å². The average Bonchev–Trinajstić information content (AvgIpc) is 2.76. The quantitative estimate of drug-likeness (QED) is 0.743. The number of piperidine rings is 3. The van der Waals surface area contributed by atoms with Crippen LogP contribution in [-0.2, 0) is 20.9 Å². The number of hydrogen-bond donors (Lipinski definition) is 0. The van der Waals surface area contributed by atoms with Gasteiger partial charge in [-0.25, -0.2) is 4.39 Å². The maximum atomic E-state index is 14.2.